The van der Waals surface area contributed by atoms with E-state index in [1.807, 2.05) is 45.9 Å². The normalized spacial score (nSPS) is 18.8. The van der Waals surface area contributed by atoms with E-state index in [1.54, 1.807) is 26.1 Å². The van der Waals surface area contributed by atoms with Crippen LogP contribution in [-0.2, 0) is 20.5 Å². The molecule has 0 aliphatic carbocycles. The Balaban J connectivity index is 2.25. The van der Waals surface area contributed by atoms with Gasteiger partial charge in [0.15, 0.2) is 0 Å². The maximum Gasteiger partial charge on any atom is 0.494 e. The third kappa shape index (κ3) is 3.53. The summed E-state index contributed by atoms with van der Waals surface area (Å²) in [6.45, 7) is 8.09. The van der Waals surface area contributed by atoms with E-state index in [0.717, 1.165) is 11.0 Å². The van der Waals surface area contributed by atoms with Crippen LogP contribution in [-0.4, -0.2) is 50.3 Å². The van der Waals surface area contributed by atoms with Crippen molar-refractivity contribution in [2.24, 2.45) is 0 Å². The van der Waals surface area contributed by atoms with Gasteiger partial charge in [-0.25, -0.2) is 0 Å². The molecule has 0 aromatic heterocycles. The average molecular weight is 319 g/mol. The zero-order valence-corrected chi connectivity index (χ0v) is 15.1. The minimum absolute atomic E-state index is 0.0340. The van der Waals surface area contributed by atoms with Gasteiger partial charge in [0.05, 0.1) is 24.7 Å². The minimum Gasteiger partial charge on any atom is -0.496 e. The monoisotopic (exact) mass is 319 g/mol. The first kappa shape index (κ1) is 17.8. The Hall–Kier alpha value is -1.53. The van der Waals surface area contributed by atoms with Crippen LogP contribution >= 0.6 is 0 Å². The summed E-state index contributed by atoms with van der Waals surface area (Å²) in [5.41, 5.74) is 0.975. The molecule has 1 aliphatic heterocycles. The number of amides is 1. The Morgan fingerprint density at radius 3 is 2.22 bits per heavy atom. The van der Waals surface area contributed by atoms with Gasteiger partial charge in [-0.2, -0.15) is 0 Å². The lowest BCUT2D eigenvalue weighted by atomic mass is 9.78. The minimum atomic E-state index is -0.437. The molecular formula is C17H26BNO4. The highest BCUT2D eigenvalue weighted by molar-refractivity contribution is 6.62. The van der Waals surface area contributed by atoms with Gasteiger partial charge in [-0.15, -0.1) is 0 Å². The number of rotatable bonds is 4. The fourth-order valence-electron chi connectivity index (χ4n) is 2.35. The summed E-state index contributed by atoms with van der Waals surface area (Å²) in [5.74, 6) is 0.707. The molecule has 6 heteroatoms. The number of ether oxygens (including phenoxy) is 1. The molecule has 0 spiro atoms. The molecule has 0 unspecified atom stereocenters. The smallest absolute Gasteiger partial charge is 0.494 e. The summed E-state index contributed by atoms with van der Waals surface area (Å²) in [5, 5.41) is 0. The molecule has 126 valence electrons. The number of methoxy groups -OCH3 is 1. The van der Waals surface area contributed by atoms with Crippen LogP contribution in [0.5, 0.6) is 5.75 Å². The van der Waals surface area contributed by atoms with Gasteiger partial charge in [-0.3, -0.25) is 4.79 Å². The number of benzene rings is 1. The third-order valence-corrected chi connectivity index (χ3v) is 4.68. The van der Waals surface area contributed by atoms with Crippen molar-refractivity contribution in [1.82, 2.24) is 4.90 Å². The molecule has 0 bridgehead atoms. The molecule has 23 heavy (non-hydrogen) atoms. The second-order valence-electron chi connectivity index (χ2n) is 7.12. The molecule has 1 aromatic carbocycles. The standard InChI is InChI=1S/C17H26BNO4/c1-16(2)17(3,4)23-18(22-16)13-9-8-12(14(11-13)21-7)10-15(20)19(5)6/h8-9,11H,10H2,1-7H3. The molecule has 0 atom stereocenters. The number of carbonyl (C=O) groups is 1. The van der Waals surface area contributed by atoms with Gasteiger partial charge in [0.1, 0.15) is 5.75 Å². The Labute approximate surface area is 139 Å². The van der Waals surface area contributed by atoms with Gasteiger partial charge >= 0.3 is 7.12 Å². The largest absolute Gasteiger partial charge is 0.496 e. The van der Waals surface area contributed by atoms with Crippen molar-refractivity contribution in [3.05, 3.63) is 23.8 Å². The van der Waals surface area contributed by atoms with E-state index in [9.17, 15) is 4.79 Å². The van der Waals surface area contributed by atoms with E-state index in [0.29, 0.717) is 12.2 Å². The topological polar surface area (TPSA) is 48.0 Å². The molecule has 5 nitrogen and oxygen atoms in total. The van der Waals surface area contributed by atoms with Crippen LogP contribution in [0.25, 0.3) is 0 Å². The predicted molar refractivity (Wildman–Crippen MR) is 91.1 cm³/mol. The maximum atomic E-state index is 11.9. The van der Waals surface area contributed by atoms with E-state index in [4.69, 9.17) is 14.0 Å². The summed E-state index contributed by atoms with van der Waals surface area (Å²) in [6, 6.07) is 5.73. The van der Waals surface area contributed by atoms with Crippen molar-refractivity contribution in [1.29, 1.82) is 0 Å². The number of hydrogen-bond donors (Lipinski definition) is 0. The van der Waals surface area contributed by atoms with E-state index in [1.165, 1.54) is 0 Å². The van der Waals surface area contributed by atoms with Crippen molar-refractivity contribution < 1.29 is 18.8 Å². The predicted octanol–water partition coefficient (Wildman–Crippen LogP) is 1.63. The average Bonchev–Trinajstić information content (AvgIpc) is 2.67. The number of likely N-dealkylation sites (N-methyl/N-ethyl adjacent to an activating group) is 1. The van der Waals surface area contributed by atoms with Crippen LogP contribution in [0, 0.1) is 0 Å². The van der Waals surface area contributed by atoms with E-state index < -0.39 is 7.12 Å². The van der Waals surface area contributed by atoms with Crippen molar-refractivity contribution >= 4 is 18.5 Å². The molecule has 0 radical (unpaired) electrons. The van der Waals surface area contributed by atoms with Crippen molar-refractivity contribution in [2.45, 2.75) is 45.3 Å². The quantitative estimate of drug-likeness (QED) is 0.792. The first-order chi connectivity index (χ1) is 10.6. The van der Waals surface area contributed by atoms with Crippen LogP contribution in [0.4, 0.5) is 0 Å². The Bertz CT molecular complexity index is 582. The Kier molecular flexibility index (Phi) is 4.78. The highest BCUT2D eigenvalue weighted by Crippen LogP contribution is 2.36. The lowest BCUT2D eigenvalue weighted by Gasteiger charge is -2.32. The van der Waals surface area contributed by atoms with E-state index in [-0.39, 0.29) is 17.1 Å². The van der Waals surface area contributed by atoms with Gasteiger partial charge in [0, 0.05) is 19.7 Å². The van der Waals surface area contributed by atoms with Crippen LogP contribution < -0.4 is 10.2 Å². The van der Waals surface area contributed by atoms with Gasteiger partial charge in [-0.05, 0) is 39.2 Å². The second kappa shape index (κ2) is 6.17. The van der Waals surface area contributed by atoms with Gasteiger partial charge < -0.3 is 18.9 Å². The van der Waals surface area contributed by atoms with Crippen LogP contribution in [0.1, 0.15) is 33.3 Å². The molecule has 0 N–H and O–H groups in total. The first-order valence-corrected chi connectivity index (χ1v) is 7.80. The van der Waals surface area contributed by atoms with Crippen LogP contribution in [0.2, 0.25) is 0 Å². The number of carbonyl (C=O) groups excluding carboxylic acids is 1. The maximum absolute atomic E-state index is 11.9. The molecule has 0 saturated carbocycles. The van der Waals surface area contributed by atoms with Gasteiger partial charge in [-0.1, -0.05) is 12.1 Å². The SMILES string of the molecule is COc1cc(B2OC(C)(C)C(C)(C)O2)ccc1CC(=O)N(C)C. The molecular weight excluding hydrogens is 293 g/mol. The summed E-state index contributed by atoms with van der Waals surface area (Å²) >= 11 is 0. The molecule has 1 amide bonds. The second-order valence-corrected chi connectivity index (χ2v) is 7.12. The molecule has 2 rings (SSSR count). The summed E-state index contributed by atoms with van der Waals surface area (Å²) in [7, 11) is 4.65. The lowest BCUT2D eigenvalue weighted by Crippen LogP contribution is -2.41. The summed E-state index contributed by atoms with van der Waals surface area (Å²) in [6.07, 6.45) is 0.305. The fraction of sp³-hybridized carbons (Fsp3) is 0.588. The van der Waals surface area contributed by atoms with Crippen molar-refractivity contribution in [3.63, 3.8) is 0 Å². The zero-order valence-electron chi connectivity index (χ0n) is 15.1. The highest BCUT2D eigenvalue weighted by Gasteiger charge is 2.51. The summed E-state index contributed by atoms with van der Waals surface area (Å²) < 4.78 is 17.6. The first-order valence-electron chi connectivity index (χ1n) is 7.80. The van der Waals surface area contributed by atoms with Gasteiger partial charge in [0.25, 0.3) is 0 Å². The number of hydrogen-bond acceptors (Lipinski definition) is 4. The fourth-order valence-corrected chi connectivity index (χ4v) is 2.35. The molecule has 1 heterocycles. The summed E-state index contributed by atoms with van der Waals surface area (Å²) in [4.78, 5) is 13.5. The third-order valence-electron chi connectivity index (χ3n) is 4.68. The van der Waals surface area contributed by atoms with Crippen molar-refractivity contribution in [3.8, 4) is 5.75 Å². The van der Waals surface area contributed by atoms with Gasteiger partial charge in [0.2, 0.25) is 5.91 Å². The lowest BCUT2D eigenvalue weighted by molar-refractivity contribution is -0.127. The van der Waals surface area contributed by atoms with Crippen LogP contribution in [0.15, 0.2) is 18.2 Å². The Morgan fingerprint density at radius 2 is 1.74 bits per heavy atom. The zero-order chi connectivity index (χ0) is 17.4. The van der Waals surface area contributed by atoms with E-state index >= 15 is 0 Å². The molecule has 1 fully saturated rings. The number of nitrogens with zero attached hydrogens (tertiary/aromatic N) is 1. The van der Waals surface area contributed by atoms with Crippen molar-refractivity contribution in [2.75, 3.05) is 21.2 Å². The Morgan fingerprint density at radius 1 is 1.17 bits per heavy atom. The molecule has 1 aliphatic rings. The highest BCUT2D eigenvalue weighted by atomic mass is 16.7. The molecule has 1 aromatic rings. The van der Waals surface area contributed by atoms with E-state index in [2.05, 4.69) is 0 Å². The van der Waals surface area contributed by atoms with Crippen LogP contribution in [0.3, 0.4) is 0 Å². The molecule has 1 saturated heterocycles.